The Balaban J connectivity index is 2.00. The van der Waals surface area contributed by atoms with Gasteiger partial charge in [-0.25, -0.2) is 0 Å². The van der Waals surface area contributed by atoms with Crippen molar-refractivity contribution in [1.29, 1.82) is 0 Å². The monoisotopic (exact) mass is 351 g/mol. The lowest BCUT2D eigenvalue weighted by Gasteiger charge is -2.22. The van der Waals surface area contributed by atoms with Crippen molar-refractivity contribution in [3.8, 4) is 0 Å². The van der Waals surface area contributed by atoms with Gasteiger partial charge in [0.2, 0.25) is 5.89 Å². The van der Waals surface area contributed by atoms with Gasteiger partial charge >= 0.3 is 0 Å². The zero-order valence-corrected chi connectivity index (χ0v) is 14.4. The Morgan fingerprint density at radius 1 is 1.33 bits per heavy atom. The summed E-state index contributed by atoms with van der Waals surface area (Å²) in [6, 6.07) is 8.35. The van der Waals surface area contributed by atoms with E-state index in [1.807, 2.05) is 12.1 Å². The van der Waals surface area contributed by atoms with E-state index in [1.54, 1.807) is 0 Å². The van der Waals surface area contributed by atoms with Crippen LogP contribution in [0.4, 0.5) is 0 Å². The highest BCUT2D eigenvalue weighted by Gasteiger charge is 2.19. The number of halogens is 1. The van der Waals surface area contributed by atoms with Gasteiger partial charge in [-0.2, -0.15) is 4.98 Å². The minimum absolute atomic E-state index is 0.0972. The summed E-state index contributed by atoms with van der Waals surface area (Å²) in [5.41, 5.74) is 1.25. The van der Waals surface area contributed by atoms with Gasteiger partial charge in [-0.3, -0.25) is 4.90 Å². The minimum Gasteiger partial charge on any atom is -0.338 e. The van der Waals surface area contributed by atoms with E-state index in [0.717, 1.165) is 36.1 Å². The Morgan fingerprint density at radius 3 is 2.81 bits per heavy atom. The Kier molecular flexibility index (Phi) is 5.94. The van der Waals surface area contributed by atoms with Crippen LogP contribution in [0.1, 0.15) is 50.0 Å². The topological polar surface area (TPSA) is 42.2 Å². The summed E-state index contributed by atoms with van der Waals surface area (Å²) in [7, 11) is 2.07. The zero-order chi connectivity index (χ0) is 15.2. The van der Waals surface area contributed by atoms with Crippen molar-refractivity contribution in [1.82, 2.24) is 15.0 Å². The van der Waals surface area contributed by atoms with Gasteiger partial charge in [0.15, 0.2) is 5.82 Å². The maximum absolute atomic E-state index is 5.40. The Morgan fingerprint density at radius 2 is 2.10 bits per heavy atom. The maximum atomic E-state index is 5.40. The van der Waals surface area contributed by atoms with Gasteiger partial charge in [-0.1, -0.05) is 52.6 Å². The van der Waals surface area contributed by atoms with Crippen molar-refractivity contribution < 1.29 is 4.52 Å². The Hall–Kier alpha value is -1.20. The first kappa shape index (κ1) is 16.2. The molecule has 0 radical (unpaired) electrons. The third-order valence-corrected chi connectivity index (χ3v) is 4.41. The number of unbranched alkanes of at least 4 members (excludes halogenated alkanes) is 1. The van der Waals surface area contributed by atoms with Crippen LogP contribution in [-0.2, 0) is 13.0 Å². The van der Waals surface area contributed by atoms with Crippen molar-refractivity contribution in [2.45, 2.75) is 45.7 Å². The summed E-state index contributed by atoms with van der Waals surface area (Å²) in [6.45, 7) is 5.08. The van der Waals surface area contributed by atoms with E-state index < -0.39 is 0 Å². The molecular formula is C16H22BrN3O. The second-order valence-corrected chi connectivity index (χ2v) is 6.19. The summed E-state index contributed by atoms with van der Waals surface area (Å²) in [5.74, 6) is 1.50. The molecule has 114 valence electrons. The standard InChI is InChI=1S/C16H22BrN3O/c1-4-5-10-15-18-16(21-19-15)12(2)20(3)11-13-8-6-7-9-14(13)17/h6-9,12H,4-5,10-11H2,1-3H3. The molecule has 1 unspecified atom stereocenters. The first-order chi connectivity index (χ1) is 10.1. The number of rotatable bonds is 7. The molecule has 1 heterocycles. The number of aryl methyl sites for hydroxylation is 1. The predicted octanol–water partition coefficient (Wildman–Crippen LogP) is 4.37. The number of hydrogen-bond acceptors (Lipinski definition) is 4. The Labute approximate surface area is 134 Å². The van der Waals surface area contributed by atoms with Crippen molar-refractivity contribution in [3.05, 3.63) is 46.0 Å². The van der Waals surface area contributed by atoms with Crippen molar-refractivity contribution >= 4 is 15.9 Å². The molecule has 1 aromatic heterocycles. The lowest BCUT2D eigenvalue weighted by Crippen LogP contribution is -2.22. The van der Waals surface area contributed by atoms with Gasteiger partial charge in [0.25, 0.3) is 0 Å². The van der Waals surface area contributed by atoms with Gasteiger partial charge in [0.1, 0.15) is 0 Å². The van der Waals surface area contributed by atoms with Crippen LogP contribution < -0.4 is 0 Å². The van der Waals surface area contributed by atoms with E-state index in [4.69, 9.17) is 4.52 Å². The van der Waals surface area contributed by atoms with Gasteiger partial charge < -0.3 is 4.52 Å². The lowest BCUT2D eigenvalue weighted by atomic mass is 10.2. The van der Waals surface area contributed by atoms with Gasteiger partial charge in [0, 0.05) is 17.4 Å². The molecule has 0 aliphatic heterocycles. The molecule has 4 nitrogen and oxygen atoms in total. The summed E-state index contributed by atoms with van der Waals surface area (Å²) >= 11 is 3.58. The number of hydrogen-bond donors (Lipinski definition) is 0. The van der Waals surface area contributed by atoms with E-state index in [0.29, 0.717) is 5.89 Å². The van der Waals surface area contributed by atoms with Crippen molar-refractivity contribution in [2.24, 2.45) is 0 Å². The van der Waals surface area contributed by atoms with Crippen molar-refractivity contribution in [3.63, 3.8) is 0 Å². The van der Waals surface area contributed by atoms with Gasteiger partial charge in [-0.15, -0.1) is 0 Å². The maximum Gasteiger partial charge on any atom is 0.243 e. The first-order valence-corrected chi connectivity index (χ1v) is 8.17. The second-order valence-electron chi connectivity index (χ2n) is 5.33. The average molecular weight is 352 g/mol. The highest BCUT2D eigenvalue weighted by Crippen LogP contribution is 2.23. The fourth-order valence-electron chi connectivity index (χ4n) is 2.09. The molecule has 0 N–H and O–H groups in total. The summed E-state index contributed by atoms with van der Waals surface area (Å²) in [4.78, 5) is 6.71. The van der Waals surface area contributed by atoms with Crippen LogP contribution >= 0.6 is 15.9 Å². The van der Waals surface area contributed by atoms with Gasteiger partial charge in [-0.05, 0) is 32.0 Å². The second kappa shape index (κ2) is 7.71. The highest BCUT2D eigenvalue weighted by atomic mass is 79.9. The van der Waals surface area contributed by atoms with E-state index in [2.05, 4.69) is 64.0 Å². The molecule has 0 aliphatic rings. The van der Waals surface area contributed by atoms with E-state index in [1.165, 1.54) is 5.56 Å². The van der Waals surface area contributed by atoms with Crippen LogP contribution in [0.25, 0.3) is 0 Å². The van der Waals surface area contributed by atoms with E-state index >= 15 is 0 Å². The third kappa shape index (κ3) is 4.38. The van der Waals surface area contributed by atoms with Crippen LogP contribution in [0.5, 0.6) is 0 Å². The van der Waals surface area contributed by atoms with E-state index in [-0.39, 0.29) is 6.04 Å². The fourth-order valence-corrected chi connectivity index (χ4v) is 2.50. The molecule has 1 aromatic carbocycles. The number of aromatic nitrogens is 2. The lowest BCUT2D eigenvalue weighted by molar-refractivity contribution is 0.202. The van der Waals surface area contributed by atoms with Gasteiger partial charge in [0.05, 0.1) is 6.04 Å². The molecule has 5 heteroatoms. The molecule has 0 saturated carbocycles. The highest BCUT2D eigenvalue weighted by molar-refractivity contribution is 9.10. The summed E-state index contributed by atoms with van der Waals surface area (Å²) < 4.78 is 6.52. The predicted molar refractivity (Wildman–Crippen MR) is 86.9 cm³/mol. The molecule has 0 amide bonds. The molecule has 21 heavy (non-hydrogen) atoms. The summed E-state index contributed by atoms with van der Waals surface area (Å²) in [5, 5.41) is 4.06. The number of nitrogens with zero attached hydrogens (tertiary/aromatic N) is 3. The number of benzene rings is 1. The average Bonchev–Trinajstić information content (AvgIpc) is 2.95. The van der Waals surface area contributed by atoms with Crippen LogP contribution in [-0.4, -0.2) is 22.1 Å². The zero-order valence-electron chi connectivity index (χ0n) is 12.8. The quantitative estimate of drug-likeness (QED) is 0.742. The first-order valence-electron chi connectivity index (χ1n) is 7.38. The normalized spacial score (nSPS) is 12.8. The molecular weight excluding hydrogens is 330 g/mol. The molecule has 2 rings (SSSR count). The molecule has 1 atom stereocenters. The van der Waals surface area contributed by atoms with Crippen LogP contribution in [0, 0.1) is 0 Å². The fraction of sp³-hybridized carbons (Fsp3) is 0.500. The third-order valence-electron chi connectivity index (χ3n) is 3.63. The molecule has 0 spiro atoms. The minimum atomic E-state index is 0.0972. The Bertz CT molecular complexity index is 570. The van der Waals surface area contributed by atoms with Crippen LogP contribution in [0.3, 0.4) is 0 Å². The molecule has 2 aromatic rings. The molecule has 0 fully saturated rings. The van der Waals surface area contributed by atoms with Crippen molar-refractivity contribution in [2.75, 3.05) is 7.05 Å². The van der Waals surface area contributed by atoms with E-state index in [9.17, 15) is 0 Å². The summed E-state index contributed by atoms with van der Waals surface area (Å²) in [6.07, 6.45) is 3.13. The molecule has 0 saturated heterocycles. The smallest absolute Gasteiger partial charge is 0.243 e. The van der Waals surface area contributed by atoms with Crippen LogP contribution in [0.15, 0.2) is 33.3 Å². The molecule has 0 bridgehead atoms. The SMILES string of the molecule is CCCCc1noc(C(C)N(C)Cc2ccccc2Br)n1. The largest absolute Gasteiger partial charge is 0.338 e. The molecule has 0 aliphatic carbocycles. The van der Waals surface area contributed by atoms with Crippen LogP contribution in [0.2, 0.25) is 0 Å².